The van der Waals surface area contributed by atoms with E-state index >= 15 is 0 Å². The van der Waals surface area contributed by atoms with Crippen molar-refractivity contribution >= 4 is 11.8 Å². The van der Waals surface area contributed by atoms with E-state index in [1.807, 2.05) is 32.0 Å². The number of hydrogen-bond acceptors (Lipinski definition) is 4. The molecule has 2 aromatic rings. The quantitative estimate of drug-likeness (QED) is 0.862. The van der Waals surface area contributed by atoms with Crippen molar-refractivity contribution in [2.24, 2.45) is 0 Å². The van der Waals surface area contributed by atoms with Gasteiger partial charge in [-0.25, -0.2) is 9.67 Å². The molecule has 0 aliphatic heterocycles. The zero-order chi connectivity index (χ0) is 17.0. The molecule has 0 aromatic carbocycles. The number of rotatable bonds is 5. The fraction of sp³-hybridized carbons (Fsp3) is 0.375. The second-order valence-electron chi connectivity index (χ2n) is 5.50. The lowest BCUT2D eigenvalue weighted by molar-refractivity contribution is -0.127. The van der Waals surface area contributed by atoms with E-state index in [9.17, 15) is 9.59 Å². The third-order valence-corrected chi connectivity index (χ3v) is 3.32. The molecule has 0 saturated carbocycles. The van der Waals surface area contributed by atoms with E-state index in [1.54, 1.807) is 17.8 Å². The summed E-state index contributed by atoms with van der Waals surface area (Å²) < 4.78 is 1.77. The van der Waals surface area contributed by atoms with Gasteiger partial charge in [0.1, 0.15) is 6.04 Å². The molecule has 122 valence electrons. The molecule has 1 atom stereocenters. The number of aromatic nitrogens is 3. The van der Waals surface area contributed by atoms with Crippen molar-refractivity contribution in [2.75, 3.05) is 0 Å². The molecule has 0 spiro atoms. The van der Waals surface area contributed by atoms with E-state index < -0.39 is 6.04 Å². The highest BCUT2D eigenvalue weighted by atomic mass is 16.2. The molecule has 0 aliphatic rings. The first-order chi connectivity index (χ1) is 10.9. The zero-order valence-corrected chi connectivity index (χ0v) is 13.8. The van der Waals surface area contributed by atoms with Crippen molar-refractivity contribution < 1.29 is 9.59 Å². The Morgan fingerprint density at radius 3 is 2.57 bits per heavy atom. The minimum atomic E-state index is -0.561. The van der Waals surface area contributed by atoms with Gasteiger partial charge >= 0.3 is 0 Å². The Morgan fingerprint density at radius 2 is 2.04 bits per heavy atom. The monoisotopic (exact) mass is 315 g/mol. The van der Waals surface area contributed by atoms with E-state index in [1.165, 1.54) is 6.92 Å². The highest BCUT2D eigenvalue weighted by Gasteiger charge is 2.13. The van der Waals surface area contributed by atoms with Crippen LogP contribution in [0.5, 0.6) is 0 Å². The van der Waals surface area contributed by atoms with Crippen molar-refractivity contribution in [1.29, 1.82) is 0 Å². The SMILES string of the molecule is CC(=O)N[C@@H](C)C(=O)NCc1ccc(-n2nc(C)cc2C)nc1. The van der Waals surface area contributed by atoms with Crippen LogP contribution in [0.25, 0.3) is 5.82 Å². The highest BCUT2D eigenvalue weighted by molar-refractivity contribution is 5.86. The first-order valence-corrected chi connectivity index (χ1v) is 7.40. The van der Waals surface area contributed by atoms with Crippen molar-refractivity contribution in [2.45, 2.75) is 40.3 Å². The Morgan fingerprint density at radius 1 is 1.30 bits per heavy atom. The Kier molecular flexibility index (Phi) is 5.10. The molecule has 0 bridgehead atoms. The van der Waals surface area contributed by atoms with Gasteiger partial charge in [-0.15, -0.1) is 0 Å². The van der Waals surface area contributed by atoms with Crippen LogP contribution >= 0.6 is 0 Å². The van der Waals surface area contributed by atoms with E-state index in [0.717, 1.165) is 22.8 Å². The normalized spacial score (nSPS) is 11.8. The van der Waals surface area contributed by atoms with Crippen LogP contribution < -0.4 is 10.6 Å². The average molecular weight is 315 g/mol. The molecular formula is C16H21N5O2. The van der Waals surface area contributed by atoms with Crippen LogP contribution in [-0.2, 0) is 16.1 Å². The van der Waals surface area contributed by atoms with Gasteiger partial charge in [0.2, 0.25) is 11.8 Å². The number of carbonyl (C=O) groups excluding carboxylic acids is 2. The maximum Gasteiger partial charge on any atom is 0.242 e. The number of hydrogen-bond donors (Lipinski definition) is 2. The van der Waals surface area contributed by atoms with Crippen molar-refractivity contribution in [1.82, 2.24) is 25.4 Å². The fourth-order valence-electron chi connectivity index (χ4n) is 2.22. The number of pyridine rings is 1. The predicted molar refractivity (Wildman–Crippen MR) is 86.0 cm³/mol. The van der Waals surface area contributed by atoms with Gasteiger partial charge < -0.3 is 10.6 Å². The molecular weight excluding hydrogens is 294 g/mol. The smallest absolute Gasteiger partial charge is 0.242 e. The lowest BCUT2D eigenvalue weighted by Crippen LogP contribution is -2.43. The summed E-state index contributed by atoms with van der Waals surface area (Å²) >= 11 is 0. The lowest BCUT2D eigenvalue weighted by Gasteiger charge is -2.13. The van der Waals surface area contributed by atoms with Crippen LogP contribution in [0, 0.1) is 13.8 Å². The van der Waals surface area contributed by atoms with Crippen molar-refractivity contribution in [3.8, 4) is 5.82 Å². The van der Waals surface area contributed by atoms with Crippen LogP contribution in [0.3, 0.4) is 0 Å². The Labute approximate surface area is 135 Å². The highest BCUT2D eigenvalue weighted by Crippen LogP contribution is 2.10. The minimum Gasteiger partial charge on any atom is -0.350 e. The molecule has 2 N–H and O–H groups in total. The van der Waals surface area contributed by atoms with Gasteiger partial charge in [-0.05, 0) is 38.5 Å². The molecule has 7 nitrogen and oxygen atoms in total. The fourth-order valence-corrected chi connectivity index (χ4v) is 2.22. The summed E-state index contributed by atoms with van der Waals surface area (Å²) in [5.41, 5.74) is 2.83. The topological polar surface area (TPSA) is 88.9 Å². The number of carbonyl (C=O) groups is 2. The van der Waals surface area contributed by atoms with E-state index in [-0.39, 0.29) is 11.8 Å². The molecule has 2 rings (SSSR count). The van der Waals surface area contributed by atoms with E-state index in [4.69, 9.17) is 0 Å². The van der Waals surface area contributed by atoms with E-state index in [0.29, 0.717) is 6.54 Å². The van der Waals surface area contributed by atoms with Gasteiger partial charge in [0.25, 0.3) is 0 Å². The summed E-state index contributed by atoms with van der Waals surface area (Å²) in [4.78, 5) is 27.1. The van der Waals surface area contributed by atoms with Crippen molar-refractivity contribution in [3.05, 3.63) is 41.3 Å². The molecule has 0 unspecified atom stereocenters. The van der Waals surface area contributed by atoms with Crippen LogP contribution in [-0.4, -0.2) is 32.6 Å². The number of nitrogens with one attached hydrogen (secondary N) is 2. The van der Waals surface area contributed by atoms with Crippen LogP contribution in [0.2, 0.25) is 0 Å². The zero-order valence-electron chi connectivity index (χ0n) is 13.8. The molecule has 2 heterocycles. The standard InChI is InChI=1S/C16H21N5O2/c1-10-7-11(2)21(20-10)15-6-5-14(8-17-15)9-18-16(23)12(3)19-13(4)22/h5-8,12H,9H2,1-4H3,(H,18,23)(H,19,22)/t12-/m0/s1. The first kappa shape index (κ1) is 16.7. The van der Waals surface area contributed by atoms with Crippen LogP contribution in [0.4, 0.5) is 0 Å². The average Bonchev–Trinajstić information content (AvgIpc) is 2.83. The number of nitrogens with zero attached hydrogens (tertiary/aromatic N) is 3. The van der Waals surface area contributed by atoms with Gasteiger partial charge in [-0.2, -0.15) is 5.10 Å². The van der Waals surface area contributed by atoms with Crippen LogP contribution in [0.1, 0.15) is 30.8 Å². The number of amides is 2. The molecule has 2 aromatic heterocycles. The summed E-state index contributed by atoms with van der Waals surface area (Å²) in [6, 6.07) is 5.17. The summed E-state index contributed by atoms with van der Waals surface area (Å²) in [5.74, 6) is 0.267. The first-order valence-electron chi connectivity index (χ1n) is 7.40. The Balaban J connectivity index is 1.97. The minimum absolute atomic E-state index is 0.233. The van der Waals surface area contributed by atoms with Gasteiger partial charge in [-0.3, -0.25) is 9.59 Å². The third-order valence-electron chi connectivity index (χ3n) is 3.32. The number of aryl methyl sites for hydroxylation is 2. The second-order valence-corrected chi connectivity index (χ2v) is 5.50. The molecule has 0 aliphatic carbocycles. The summed E-state index contributed by atoms with van der Waals surface area (Å²) in [6.07, 6.45) is 1.70. The van der Waals surface area contributed by atoms with Gasteiger partial charge in [-0.1, -0.05) is 6.07 Å². The Hall–Kier alpha value is -2.70. The molecule has 0 fully saturated rings. The maximum absolute atomic E-state index is 11.8. The molecule has 7 heteroatoms. The molecule has 23 heavy (non-hydrogen) atoms. The lowest BCUT2D eigenvalue weighted by atomic mass is 10.2. The molecule has 2 amide bonds. The van der Waals surface area contributed by atoms with E-state index in [2.05, 4.69) is 20.7 Å². The summed E-state index contributed by atoms with van der Waals surface area (Å²) in [5, 5.41) is 9.68. The van der Waals surface area contributed by atoms with Gasteiger partial charge in [0.05, 0.1) is 5.69 Å². The van der Waals surface area contributed by atoms with Crippen LogP contribution in [0.15, 0.2) is 24.4 Å². The summed E-state index contributed by atoms with van der Waals surface area (Å²) in [7, 11) is 0. The summed E-state index contributed by atoms with van der Waals surface area (Å²) in [6.45, 7) is 7.28. The molecule has 0 radical (unpaired) electrons. The van der Waals surface area contributed by atoms with Gasteiger partial charge in [0, 0.05) is 25.4 Å². The van der Waals surface area contributed by atoms with Crippen molar-refractivity contribution in [3.63, 3.8) is 0 Å². The largest absolute Gasteiger partial charge is 0.350 e. The second kappa shape index (κ2) is 7.04. The van der Waals surface area contributed by atoms with Gasteiger partial charge in [0.15, 0.2) is 5.82 Å². The Bertz CT molecular complexity index is 706. The molecule has 0 saturated heterocycles. The third kappa shape index (κ3) is 4.38. The maximum atomic E-state index is 11.8. The predicted octanol–water partition coefficient (Wildman–Crippen LogP) is 1.02.